The van der Waals surface area contributed by atoms with Crippen LogP contribution in [0.1, 0.15) is 0 Å². The van der Waals surface area contributed by atoms with Gasteiger partial charge in [0.1, 0.15) is 11.6 Å². The van der Waals surface area contributed by atoms with Crippen molar-refractivity contribution < 1.29 is 54.2 Å². The lowest BCUT2D eigenvalue weighted by atomic mass is 9.98. The third-order valence-corrected chi connectivity index (χ3v) is 3.65. The van der Waals surface area contributed by atoms with Crippen LogP contribution in [-0.4, -0.2) is 17.4 Å². The molecule has 0 aromatic heterocycles. The molecule has 0 aliphatic rings. The maximum absolute atomic E-state index is 14.6. The van der Waals surface area contributed by atoms with Crippen LogP contribution in [0.3, 0.4) is 0 Å². The summed E-state index contributed by atoms with van der Waals surface area (Å²) in [5.41, 5.74) is 0. The van der Waals surface area contributed by atoms with Gasteiger partial charge in [-0.3, -0.25) is 0 Å². The minimum atomic E-state index is -2.96. The monoisotopic (exact) mass is 400 g/mol. The normalized spacial score (nSPS) is 11.5. The molecule has 0 aliphatic heterocycles. The molecule has 3 aromatic carbocycles. The zero-order valence-corrected chi connectivity index (χ0v) is 12.3. The van der Waals surface area contributed by atoms with Crippen molar-refractivity contribution in [2.24, 2.45) is 0 Å². The van der Waals surface area contributed by atoms with Gasteiger partial charge in [0.2, 0.25) is 5.82 Å². The van der Waals surface area contributed by atoms with Gasteiger partial charge in [-0.15, -0.1) is 0 Å². The second-order valence-corrected chi connectivity index (χ2v) is 5.10. The highest BCUT2D eigenvalue weighted by Gasteiger charge is 2.34. The van der Waals surface area contributed by atoms with E-state index in [1.807, 2.05) is 0 Å². The summed E-state index contributed by atoms with van der Waals surface area (Å²) < 4.78 is 129. The molecule has 0 fully saturated rings. The Hall–Kier alpha value is -2.67. The Morgan fingerprint density at radius 1 is 0.444 bits per heavy atom. The quantitative estimate of drug-likeness (QED) is 0.227. The molecular weight excluding hydrogens is 398 g/mol. The van der Waals surface area contributed by atoms with Gasteiger partial charge in [-0.1, -0.05) is 0 Å². The number of halogens is 9. The second-order valence-electron chi connectivity index (χ2n) is 5.10. The standard InChI is InChI=1S/C14H2BF9O3/c16-5-1-2(8(19)11(22)10(21)7(1)18)6(17)4-3(5)9(20)12(23)13(24)14(4)27-15(25)26/h25-26H. The largest absolute Gasteiger partial charge is 0.707 e. The van der Waals surface area contributed by atoms with Gasteiger partial charge in [0.15, 0.2) is 40.7 Å². The Morgan fingerprint density at radius 3 is 1.19 bits per heavy atom. The summed E-state index contributed by atoms with van der Waals surface area (Å²) in [4.78, 5) is 0. The molecule has 0 aliphatic carbocycles. The molecule has 27 heavy (non-hydrogen) atoms. The van der Waals surface area contributed by atoms with E-state index in [9.17, 15) is 39.5 Å². The van der Waals surface area contributed by atoms with Crippen molar-refractivity contribution in [1.82, 2.24) is 0 Å². The maximum atomic E-state index is 14.6. The molecule has 0 spiro atoms. The summed E-state index contributed by atoms with van der Waals surface area (Å²) in [7, 11) is -2.96. The Labute approximate surface area is 142 Å². The highest BCUT2D eigenvalue weighted by Crippen LogP contribution is 2.42. The van der Waals surface area contributed by atoms with Gasteiger partial charge < -0.3 is 14.7 Å². The zero-order chi connectivity index (χ0) is 20.4. The third kappa shape index (κ3) is 2.49. The zero-order valence-electron chi connectivity index (χ0n) is 12.3. The van der Waals surface area contributed by atoms with E-state index in [4.69, 9.17) is 10.0 Å². The van der Waals surface area contributed by atoms with Crippen LogP contribution in [0.25, 0.3) is 21.5 Å². The van der Waals surface area contributed by atoms with Gasteiger partial charge in [-0.2, -0.15) is 4.39 Å². The van der Waals surface area contributed by atoms with Crippen LogP contribution in [0.2, 0.25) is 0 Å². The fourth-order valence-corrected chi connectivity index (χ4v) is 2.56. The number of rotatable bonds is 2. The fraction of sp³-hybridized carbons (Fsp3) is 0. The lowest BCUT2D eigenvalue weighted by molar-refractivity contribution is 0.280. The van der Waals surface area contributed by atoms with Crippen molar-refractivity contribution in [3.05, 3.63) is 52.4 Å². The second kappa shape index (κ2) is 6.20. The molecule has 0 atom stereocenters. The molecular formula is C14H2BF9O3. The summed E-state index contributed by atoms with van der Waals surface area (Å²) in [6.45, 7) is 0. The van der Waals surface area contributed by atoms with Gasteiger partial charge in [0.05, 0.1) is 21.5 Å². The third-order valence-electron chi connectivity index (χ3n) is 3.65. The van der Waals surface area contributed by atoms with E-state index in [1.165, 1.54) is 0 Å². The first-order chi connectivity index (χ1) is 12.5. The Kier molecular flexibility index (Phi) is 4.39. The first-order valence-corrected chi connectivity index (χ1v) is 6.66. The van der Waals surface area contributed by atoms with Crippen molar-refractivity contribution in [2.45, 2.75) is 0 Å². The van der Waals surface area contributed by atoms with Crippen molar-refractivity contribution in [3.8, 4) is 5.75 Å². The average Bonchev–Trinajstić information content (AvgIpc) is 2.60. The number of benzene rings is 3. The number of hydrogen-bond donors (Lipinski definition) is 2. The topological polar surface area (TPSA) is 49.7 Å². The molecule has 0 amide bonds. The summed E-state index contributed by atoms with van der Waals surface area (Å²) in [6.07, 6.45) is 0. The average molecular weight is 400 g/mol. The first-order valence-electron chi connectivity index (χ1n) is 6.66. The molecule has 0 saturated heterocycles. The molecule has 142 valence electrons. The van der Waals surface area contributed by atoms with Crippen LogP contribution in [-0.2, 0) is 0 Å². The van der Waals surface area contributed by atoms with Crippen molar-refractivity contribution >= 4 is 28.9 Å². The molecule has 0 unspecified atom stereocenters. The summed E-state index contributed by atoms with van der Waals surface area (Å²) in [6, 6.07) is 0. The van der Waals surface area contributed by atoms with Crippen LogP contribution in [0.15, 0.2) is 0 Å². The van der Waals surface area contributed by atoms with Gasteiger partial charge in [0.25, 0.3) is 0 Å². The molecule has 3 rings (SSSR count). The highest BCUT2D eigenvalue weighted by molar-refractivity contribution is 6.34. The predicted molar refractivity (Wildman–Crippen MR) is 71.9 cm³/mol. The van der Waals surface area contributed by atoms with Crippen LogP contribution in [0.4, 0.5) is 39.5 Å². The van der Waals surface area contributed by atoms with Gasteiger partial charge >= 0.3 is 7.32 Å². The summed E-state index contributed by atoms with van der Waals surface area (Å²) in [5.74, 6) is -23.8. The van der Waals surface area contributed by atoms with Crippen LogP contribution < -0.4 is 4.65 Å². The number of fused-ring (bicyclic) bond motifs is 2. The van der Waals surface area contributed by atoms with Crippen LogP contribution in [0.5, 0.6) is 5.75 Å². The highest BCUT2D eigenvalue weighted by atomic mass is 19.2. The van der Waals surface area contributed by atoms with Crippen molar-refractivity contribution in [3.63, 3.8) is 0 Å². The lowest BCUT2D eigenvalue weighted by Gasteiger charge is -2.16. The van der Waals surface area contributed by atoms with E-state index in [-0.39, 0.29) is 0 Å². The van der Waals surface area contributed by atoms with Gasteiger partial charge in [-0.25, -0.2) is 35.1 Å². The van der Waals surface area contributed by atoms with E-state index in [2.05, 4.69) is 4.65 Å². The van der Waals surface area contributed by atoms with Crippen molar-refractivity contribution in [1.29, 1.82) is 0 Å². The Bertz CT molecular complexity index is 1130. The molecule has 0 heterocycles. The fourth-order valence-electron chi connectivity index (χ4n) is 2.56. The summed E-state index contributed by atoms with van der Waals surface area (Å²) >= 11 is 0. The van der Waals surface area contributed by atoms with E-state index in [0.29, 0.717) is 0 Å². The van der Waals surface area contributed by atoms with Gasteiger partial charge in [-0.05, 0) is 0 Å². The predicted octanol–water partition coefficient (Wildman–Crippen LogP) is 3.59. The minimum absolute atomic E-state index is 1.74. The molecule has 13 heteroatoms. The molecule has 2 N–H and O–H groups in total. The Morgan fingerprint density at radius 2 is 0.778 bits per heavy atom. The van der Waals surface area contributed by atoms with Crippen LogP contribution >= 0.6 is 0 Å². The van der Waals surface area contributed by atoms with Gasteiger partial charge in [0, 0.05) is 0 Å². The Balaban J connectivity index is 2.74. The van der Waals surface area contributed by atoms with E-state index in [1.54, 1.807) is 0 Å². The van der Waals surface area contributed by atoms with E-state index < -0.39 is 87.0 Å². The summed E-state index contributed by atoms with van der Waals surface area (Å²) in [5, 5.41) is 9.96. The SMILES string of the molecule is OB(O)Oc1c(F)c(F)c(F)c2c(F)c3c(F)c(F)c(F)c(F)c3c(F)c12. The molecule has 0 bridgehead atoms. The lowest BCUT2D eigenvalue weighted by Crippen LogP contribution is -2.22. The molecule has 0 saturated carbocycles. The molecule has 0 radical (unpaired) electrons. The van der Waals surface area contributed by atoms with Crippen LogP contribution in [0, 0.1) is 52.4 Å². The van der Waals surface area contributed by atoms with E-state index in [0.717, 1.165) is 0 Å². The number of hydrogen-bond acceptors (Lipinski definition) is 3. The minimum Gasteiger partial charge on any atom is -0.509 e. The molecule has 3 aromatic rings. The maximum Gasteiger partial charge on any atom is 0.707 e. The van der Waals surface area contributed by atoms with Crippen molar-refractivity contribution in [2.75, 3.05) is 0 Å². The molecule has 3 nitrogen and oxygen atoms in total. The smallest absolute Gasteiger partial charge is 0.509 e. The first kappa shape index (κ1) is 19.1. The van der Waals surface area contributed by atoms with E-state index >= 15 is 0 Å².